The van der Waals surface area contributed by atoms with Gasteiger partial charge in [-0.1, -0.05) is 10.3 Å². The van der Waals surface area contributed by atoms with E-state index in [1.54, 1.807) is 0 Å². The Morgan fingerprint density at radius 2 is 2.00 bits per heavy atom. The first-order valence-corrected chi connectivity index (χ1v) is 8.42. The van der Waals surface area contributed by atoms with Crippen LogP contribution in [0.3, 0.4) is 0 Å². The molecule has 0 saturated carbocycles. The van der Waals surface area contributed by atoms with Gasteiger partial charge in [-0.25, -0.2) is 0 Å². The minimum absolute atomic E-state index is 0.132. The number of hydrogen-bond acceptors (Lipinski definition) is 7. The Balaban J connectivity index is 1.69. The van der Waals surface area contributed by atoms with Crippen LogP contribution in [0.4, 0.5) is 0 Å². The lowest BCUT2D eigenvalue weighted by atomic mass is 10.2. The maximum Gasteiger partial charge on any atom is 0.259 e. The molecule has 1 atom stereocenters. The predicted molar refractivity (Wildman–Crippen MR) is 91.6 cm³/mol. The Kier molecular flexibility index (Phi) is 3.93. The number of aryl methyl sites for hydroxylation is 2. The summed E-state index contributed by atoms with van der Waals surface area (Å²) >= 11 is 0. The van der Waals surface area contributed by atoms with Crippen molar-refractivity contribution < 1.29 is 9.05 Å². The molecule has 4 heterocycles. The summed E-state index contributed by atoms with van der Waals surface area (Å²) in [5.41, 5.74) is 2.96. The van der Waals surface area contributed by atoms with E-state index in [2.05, 4.69) is 32.6 Å². The first kappa shape index (κ1) is 16.0. The minimum Gasteiger partial charge on any atom is -0.360 e. The highest BCUT2D eigenvalue weighted by Gasteiger charge is 2.26. The van der Waals surface area contributed by atoms with Gasteiger partial charge in [0.2, 0.25) is 0 Å². The first-order chi connectivity index (χ1) is 12.0. The average Bonchev–Trinajstić information content (AvgIpc) is 3.28. The van der Waals surface area contributed by atoms with Crippen LogP contribution >= 0.6 is 0 Å². The highest BCUT2D eigenvalue weighted by molar-refractivity contribution is 5.60. The molecule has 0 amide bonds. The lowest BCUT2D eigenvalue weighted by Gasteiger charge is -2.30. The second-order valence-electron chi connectivity index (χ2n) is 6.57. The fraction of sp³-hybridized carbons (Fsp3) is 0.471. The molecule has 1 saturated heterocycles. The van der Waals surface area contributed by atoms with Crippen LogP contribution in [0.5, 0.6) is 0 Å². The topological polar surface area (TPSA) is 85.2 Å². The van der Waals surface area contributed by atoms with Crippen molar-refractivity contribution in [2.45, 2.75) is 26.8 Å². The second-order valence-corrected chi connectivity index (χ2v) is 6.57. The summed E-state index contributed by atoms with van der Waals surface area (Å²) in [5.74, 6) is 2.78. The number of aromatic nitrogens is 4. The van der Waals surface area contributed by atoms with E-state index in [0.717, 1.165) is 48.2 Å². The lowest BCUT2D eigenvalue weighted by molar-refractivity contribution is 0.190. The molecule has 1 aliphatic heterocycles. The summed E-state index contributed by atoms with van der Waals surface area (Å²) < 4.78 is 12.8. The van der Waals surface area contributed by atoms with E-state index in [4.69, 9.17) is 9.05 Å². The standard InChI is InChI=1S/C17H22N6O2/c1-10-7-13(12(3)23(10)15-8-11(2)24-20-15)17-19-16(21-25-17)14-9-18-5-6-22(14)4/h7-8,14,18H,5-6,9H2,1-4H3. The van der Waals surface area contributed by atoms with E-state index in [1.807, 2.05) is 37.5 Å². The number of likely N-dealkylation sites (N-methyl/N-ethyl adjacent to an activating group) is 1. The van der Waals surface area contributed by atoms with Crippen molar-refractivity contribution in [3.63, 3.8) is 0 Å². The molecule has 8 nitrogen and oxygen atoms in total. The molecule has 0 spiro atoms. The molecule has 1 N–H and O–H groups in total. The smallest absolute Gasteiger partial charge is 0.259 e. The summed E-state index contributed by atoms with van der Waals surface area (Å²) in [4.78, 5) is 6.89. The van der Waals surface area contributed by atoms with E-state index >= 15 is 0 Å². The van der Waals surface area contributed by atoms with Crippen molar-refractivity contribution in [1.82, 2.24) is 30.1 Å². The quantitative estimate of drug-likeness (QED) is 0.779. The van der Waals surface area contributed by atoms with Crippen molar-refractivity contribution in [2.24, 2.45) is 0 Å². The molecule has 1 fully saturated rings. The molecule has 0 aromatic carbocycles. The van der Waals surface area contributed by atoms with Gasteiger partial charge in [0.25, 0.3) is 5.89 Å². The van der Waals surface area contributed by atoms with E-state index in [1.165, 1.54) is 0 Å². The van der Waals surface area contributed by atoms with Gasteiger partial charge in [0.1, 0.15) is 5.76 Å². The Morgan fingerprint density at radius 3 is 2.72 bits per heavy atom. The third-order valence-electron chi connectivity index (χ3n) is 4.76. The van der Waals surface area contributed by atoms with Crippen LogP contribution < -0.4 is 5.32 Å². The Labute approximate surface area is 145 Å². The van der Waals surface area contributed by atoms with E-state index in [0.29, 0.717) is 11.7 Å². The van der Waals surface area contributed by atoms with E-state index in [-0.39, 0.29) is 6.04 Å². The highest BCUT2D eigenvalue weighted by atomic mass is 16.5. The molecular weight excluding hydrogens is 320 g/mol. The van der Waals surface area contributed by atoms with Gasteiger partial charge in [-0.2, -0.15) is 4.98 Å². The summed E-state index contributed by atoms with van der Waals surface area (Å²) in [6, 6.07) is 4.08. The molecule has 3 aromatic rings. The van der Waals surface area contributed by atoms with Crippen LogP contribution in [-0.2, 0) is 0 Å². The van der Waals surface area contributed by atoms with Crippen LogP contribution in [0.25, 0.3) is 17.3 Å². The van der Waals surface area contributed by atoms with E-state index in [9.17, 15) is 0 Å². The van der Waals surface area contributed by atoms with E-state index < -0.39 is 0 Å². The average molecular weight is 342 g/mol. The Bertz CT molecular complexity index is 893. The number of rotatable bonds is 3. The Hall–Kier alpha value is -2.45. The molecule has 8 heteroatoms. The van der Waals surface area contributed by atoms with Crippen LogP contribution in [0.2, 0.25) is 0 Å². The van der Waals surface area contributed by atoms with Crippen LogP contribution in [0.1, 0.15) is 29.0 Å². The molecule has 3 aromatic heterocycles. The van der Waals surface area contributed by atoms with Crippen molar-refractivity contribution in [3.8, 4) is 17.3 Å². The molecule has 0 bridgehead atoms. The second kappa shape index (κ2) is 6.12. The number of nitrogens with one attached hydrogen (secondary N) is 1. The summed E-state index contributed by atoms with van der Waals surface area (Å²) in [6.07, 6.45) is 0. The summed E-state index contributed by atoms with van der Waals surface area (Å²) in [5, 5.41) is 11.7. The van der Waals surface area contributed by atoms with Gasteiger partial charge in [-0.05, 0) is 33.9 Å². The largest absolute Gasteiger partial charge is 0.360 e. The molecule has 25 heavy (non-hydrogen) atoms. The molecule has 4 rings (SSSR count). The number of piperazine rings is 1. The normalized spacial score (nSPS) is 18.8. The summed E-state index contributed by atoms with van der Waals surface area (Å²) in [6.45, 7) is 8.70. The zero-order chi connectivity index (χ0) is 17.6. The maximum absolute atomic E-state index is 5.57. The summed E-state index contributed by atoms with van der Waals surface area (Å²) in [7, 11) is 2.08. The third kappa shape index (κ3) is 2.77. The van der Waals surface area contributed by atoms with Gasteiger partial charge in [0.15, 0.2) is 11.6 Å². The monoisotopic (exact) mass is 342 g/mol. The zero-order valence-electron chi connectivity index (χ0n) is 14.9. The third-order valence-corrected chi connectivity index (χ3v) is 4.76. The SMILES string of the molecule is Cc1cc(-n2c(C)cc(-c3nc(C4CNCCN4C)no3)c2C)no1. The van der Waals surface area contributed by atoms with Crippen LogP contribution in [-0.4, -0.2) is 51.4 Å². The molecular formula is C17H22N6O2. The van der Waals surface area contributed by atoms with Crippen molar-refractivity contribution >= 4 is 0 Å². The van der Waals surface area contributed by atoms with Crippen molar-refractivity contribution in [3.05, 3.63) is 35.1 Å². The zero-order valence-corrected chi connectivity index (χ0v) is 14.9. The molecule has 1 aliphatic rings. The number of nitrogens with zero attached hydrogens (tertiary/aromatic N) is 5. The van der Waals surface area contributed by atoms with Crippen LogP contribution in [0.15, 0.2) is 21.2 Å². The molecule has 132 valence electrons. The lowest BCUT2D eigenvalue weighted by Crippen LogP contribution is -2.44. The number of hydrogen-bond donors (Lipinski definition) is 1. The fourth-order valence-electron chi connectivity index (χ4n) is 3.36. The van der Waals surface area contributed by atoms with Gasteiger partial charge < -0.3 is 14.4 Å². The fourth-order valence-corrected chi connectivity index (χ4v) is 3.36. The van der Waals surface area contributed by atoms with Gasteiger partial charge in [-0.15, -0.1) is 0 Å². The molecule has 0 radical (unpaired) electrons. The predicted octanol–water partition coefficient (Wildman–Crippen LogP) is 2.02. The molecule has 1 unspecified atom stereocenters. The minimum atomic E-state index is 0.132. The van der Waals surface area contributed by atoms with Crippen molar-refractivity contribution in [1.29, 1.82) is 0 Å². The van der Waals surface area contributed by atoms with Gasteiger partial charge in [-0.3, -0.25) is 9.47 Å². The Morgan fingerprint density at radius 1 is 1.16 bits per heavy atom. The first-order valence-electron chi connectivity index (χ1n) is 8.42. The van der Waals surface area contributed by atoms with Crippen molar-refractivity contribution in [2.75, 3.05) is 26.7 Å². The van der Waals surface area contributed by atoms with Gasteiger partial charge in [0, 0.05) is 37.1 Å². The maximum atomic E-state index is 5.57. The molecule has 0 aliphatic carbocycles. The van der Waals surface area contributed by atoms with Gasteiger partial charge in [0.05, 0.1) is 11.6 Å². The van der Waals surface area contributed by atoms with Gasteiger partial charge >= 0.3 is 0 Å². The van der Waals surface area contributed by atoms with Crippen LogP contribution in [0, 0.1) is 20.8 Å². The highest BCUT2D eigenvalue weighted by Crippen LogP contribution is 2.29.